The van der Waals surface area contributed by atoms with Crippen molar-refractivity contribution in [3.8, 4) is 11.8 Å². The van der Waals surface area contributed by atoms with E-state index in [1.807, 2.05) is 42.5 Å². The minimum absolute atomic E-state index is 0.00275. The summed E-state index contributed by atoms with van der Waals surface area (Å²) < 4.78 is 0. The number of rotatable bonds is 4. The van der Waals surface area contributed by atoms with Gasteiger partial charge in [0.05, 0.1) is 18.7 Å². The Labute approximate surface area is 177 Å². The highest BCUT2D eigenvalue weighted by molar-refractivity contribution is 5.97. The standard InChI is InChI=1S/C25H26N2O3/c1-2-3-5-8-18-11-13-19(14-12-18)24-21-15-26(16-23(29)27(21)22(24)17-28)25(30)20-9-6-4-7-10-20/h4,6-7,9-14,21-22,24,28H,2-3,15-17H2,1H3/t21-,22-,24-/m0/s1. The van der Waals surface area contributed by atoms with Crippen LogP contribution in [-0.2, 0) is 4.79 Å². The molecule has 2 aliphatic heterocycles. The first-order chi connectivity index (χ1) is 14.6. The van der Waals surface area contributed by atoms with E-state index in [1.54, 1.807) is 21.9 Å². The van der Waals surface area contributed by atoms with Gasteiger partial charge in [-0.15, -0.1) is 0 Å². The van der Waals surface area contributed by atoms with Crippen molar-refractivity contribution in [2.45, 2.75) is 37.8 Å². The van der Waals surface area contributed by atoms with Crippen LogP contribution >= 0.6 is 0 Å². The van der Waals surface area contributed by atoms with Crippen LogP contribution in [0.2, 0.25) is 0 Å². The molecule has 1 N–H and O–H groups in total. The maximum absolute atomic E-state index is 12.9. The van der Waals surface area contributed by atoms with Crippen LogP contribution in [0.4, 0.5) is 0 Å². The fourth-order valence-electron chi connectivity index (χ4n) is 4.50. The summed E-state index contributed by atoms with van der Waals surface area (Å²) in [6.45, 7) is 2.54. The van der Waals surface area contributed by atoms with Crippen molar-refractivity contribution >= 4 is 11.8 Å². The van der Waals surface area contributed by atoms with Gasteiger partial charge in [-0.1, -0.05) is 49.1 Å². The number of nitrogens with zero attached hydrogens (tertiary/aromatic N) is 2. The number of unbranched alkanes of at least 4 members (excludes halogenated alkanes) is 1. The number of hydrogen-bond acceptors (Lipinski definition) is 3. The van der Waals surface area contributed by atoms with Crippen molar-refractivity contribution in [1.82, 2.24) is 9.80 Å². The summed E-state index contributed by atoms with van der Waals surface area (Å²) in [6, 6.07) is 16.7. The van der Waals surface area contributed by atoms with E-state index in [4.69, 9.17) is 0 Å². The van der Waals surface area contributed by atoms with E-state index < -0.39 is 0 Å². The highest BCUT2D eigenvalue weighted by Crippen LogP contribution is 2.43. The van der Waals surface area contributed by atoms with E-state index in [-0.39, 0.29) is 43.0 Å². The lowest BCUT2D eigenvalue weighted by Gasteiger charge is -2.58. The van der Waals surface area contributed by atoms with Gasteiger partial charge in [-0.25, -0.2) is 0 Å². The minimum atomic E-state index is -0.242. The molecule has 2 amide bonds. The Morgan fingerprint density at radius 1 is 1.13 bits per heavy atom. The lowest BCUT2D eigenvalue weighted by Crippen LogP contribution is -2.73. The smallest absolute Gasteiger partial charge is 0.254 e. The Morgan fingerprint density at radius 3 is 2.53 bits per heavy atom. The van der Waals surface area contributed by atoms with E-state index in [2.05, 4.69) is 18.8 Å². The zero-order valence-electron chi connectivity index (χ0n) is 17.1. The first kappa shape index (κ1) is 20.2. The third kappa shape index (κ3) is 3.71. The maximum Gasteiger partial charge on any atom is 0.254 e. The second-order valence-corrected chi connectivity index (χ2v) is 7.87. The molecular formula is C25H26N2O3. The molecule has 5 nitrogen and oxygen atoms in total. The molecule has 0 aliphatic carbocycles. The van der Waals surface area contributed by atoms with Crippen LogP contribution in [-0.4, -0.2) is 58.5 Å². The third-order valence-corrected chi connectivity index (χ3v) is 5.96. The van der Waals surface area contributed by atoms with E-state index in [0.717, 1.165) is 24.0 Å². The van der Waals surface area contributed by atoms with Gasteiger partial charge in [0.1, 0.15) is 6.54 Å². The van der Waals surface area contributed by atoms with Crippen LogP contribution in [0.15, 0.2) is 54.6 Å². The molecule has 30 heavy (non-hydrogen) atoms. The first-order valence-corrected chi connectivity index (χ1v) is 10.5. The van der Waals surface area contributed by atoms with E-state index in [0.29, 0.717) is 12.1 Å². The Morgan fingerprint density at radius 2 is 1.87 bits per heavy atom. The van der Waals surface area contributed by atoms with Crippen molar-refractivity contribution < 1.29 is 14.7 Å². The summed E-state index contributed by atoms with van der Waals surface area (Å²) in [6.07, 6.45) is 1.91. The topological polar surface area (TPSA) is 60.9 Å². The predicted octanol–water partition coefficient (Wildman–Crippen LogP) is 2.65. The average Bonchev–Trinajstić information content (AvgIpc) is 2.76. The zero-order chi connectivity index (χ0) is 21.1. The monoisotopic (exact) mass is 402 g/mol. The van der Waals surface area contributed by atoms with Crippen LogP contribution in [0, 0.1) is 11.8 Å². The molecule has 2 saturated heterocycles. The molecule has 0 bridgehead atoms. The SMILES string of the molecule is CCCC#Cc1ccc([C@@H]2[C@H](CO)N3C(=O)CN(C(=O)c4ccccc4)C[C@@H]23)cc1. The summed E-state index contributed by atoms with van der Waals surface area (Å²) in [5, 5.41) is 9.93. The number of hydrogen-bond donors (Lipinski definition) is 1. The number of aliphatic hydroxyl groups excluding tert-OH is 1. The number of carbonyl (C=O) groups is 2. The van der Waals surface area contributed by atoms with Crippen LogP contribution < -0.4 is 0 Å². The molecule has 0 spiro atoms. The molecule has 3 atom stereocenters. The Hall–Kier alpha value is -3.10. The van der Waals surface area contributed by atoms with Gasteiger partial charge in [0, 0.05) is 30.0 Å². The number of piperazine rings is 1. The molecule has 4 rings (SSSR count). The summed E-state index contributed by atoms with van der Waals surface area (Å²) in [5.41, 5.74) is 2.62. The molecule has 2 aliphatic rings. The highest BCUT2D eigenvalue weighted by Gasteiger charge is 2.54. The van der Waals surface area contributed by atoms with Crippen molar-refractivity contribution in [2.75, 3.05) is 19.7 Å². The fourth-order valence-corrected chi connectivity index (χ4v) is 4.50. The van der Waals surface area contributed by atoms with Crippen molar-refractivity contribution in [3.05, 3.63) is 71.3 Å². The molecule has 0 unspecified atom stereocenters. The van der Waals surface area contributed by atoms with Crippen LogP contribution in [0.5, 0.6) is 0 Å². The summed E-state index contributed by atoms with van der Waals surface area (Å²) in [5.74, 6) is 6.08. The van der Waals surface area contributed by atoms with Gasteiger partial charge in [0.25, 0.3) is 5.91 Å². The molecule has 2 heterocycles. The Bertz CT molecular complexity index is 975. The van der Waals surface area contributed by atoms with Crippen LogP contribution in [0.3, 0.4) is 0 Å². The van der Waals surface area contributed by atoms with Gasteiger partial charge in [-0.2, -0.15) is 0 Å². The Balaban J connectivity index is 1.54. The maximum atomic E-state index is 12.9. The lowest BCUT2D eigenvalue weighted by atomic mass is 9.73. The molecule has 0 aromatic heterocycles. The van der Waals surface area contributed by atoms with Gasteiger partial charge < -0.3 is 14.9 Å². The average molecular weight is 402 g/mol. The molecule has 2 aromatic rings. The summed E-state index contributed by atoms with van der Waals surface area (Å²) >= 11 is 0. The highest BCUT2D eigenvalue weighted by atomic mass is 16.3. The van der Waals surface area contributed by atoms with Gasteiger partial charge in [0.2, 0.25) is 5.91 Å². The molecule has 0 radical (unpaired) electrons. The molecule has 0 saturated carbocycles. The minimum Gasteiger partial charge on any atom is -0.394 e. The molecule has 2 fully saturated rings. The van der Waals surface area contributed by atoms with Gasteiger partial charge >= 0.3 is 0 Å². The predicted molar refractivity (Wildman–Crippen MR) is 115 cm³/mol. The number of amides is 2. The van der Waals surface area contributed by atoms with Crippen molar-refractivity contribution in [2.24, 2.45) is 0 Å². The quantitative estimate of drug-likeness (QED) is 0.800. The summed E-state index contributed by atoms with van der Waals surface area (Å²) in [7, 11) is 0. The Kier molecular flexibility index (Phi) is 5.87. The van der Waals surface area contributed by atoms with Crippen molar-refractivity contribution in [3.63, 3.8) is 0 Å². The van der Waals surface area contributed by atoms with Gasteiger partial charge in [0.15, 0.2) is 0 Å². The second kappa shape index (κ2) is 8.73. The first-order valence-electron chi connectivity index (χ1n) is 10.5. The zero-order valence-corrected chi connectivity index (χ0v) is 17.1. The van der Waals surface area contributed by atoms with Gasteiger partial charge in [-0.3, -0.25) is 9.59 Å². The largest absolute Gasteiger partial charge is 0.394 e. The molecule has 5 heteroatoms. The number of aliphatic hydroxyl groups is 1. The van der Waals surface area contributed by atoms with E-state index in [9.17, 15) is 14.7 Å². The molecular weight excluding hydrogens is 376 g/mol. The number of fused-ring (bicyclic) bond motifs is 1. The van der Waals surface area contributed by atoms with E-state index in [1.165, 1.54) is 0 Å². The number of benzene rings is 2. The van der Waals surface area contributed by atoms with E-state index >= 15 is 0 Å². The van der Waals surface area contributed by atoms with Crippen molar-refractivity contribution in [1.29, 1.82) is 0 Å². The van der Waals surface area contributed by atoms with Crippen LogP contribution in [0.25, 0.3) is 0 Å². The fraction of sp³-hybridized carbons (Fsp3) is 0.360. The summed E-state index contributed by atoms with van der Waals surface area (Å²) in [4.78, 5) is 29.0. The van der Waals surface area contributed by atoms with Crippen LogP contribution in [0.1, 0.15) is 47.2 Å². The molecule has 2 aromatic carbocycles. The van der Waals surface area contributed by atoms with Gasteiger partial charge in [-0.05, 0) is 36.2 Å². The second-order valence-electron chi connectivity index (χ2n) is 7.87. The normalized spacial score (nSPS) is 22.6. The molecule has 154 valence electrons. The third-order valence-electron chi connectivity index (χ3n) is 5.96. The number of carbonyl (C=O) groups excluding carboxylic acids is 2. The lowest BCUT2D eigenvalue weighted by molar-refractivity contribution is -0.159.